The van der Waals surface area contributed by atoms with Crippen molar-refractivity contribution in [3.05, 3.63) is 216 Å². The Hall–Kier alpha value is -7.82. The van der Waals surface area contributed by atoms with Crippen molar-refractivity contribution in [1.29, 1.82) is 0 Å². The number of rotatable bonds is 10. The molecule has 0 aliphatic carbocycles. The van der Waals surface area contributed by atoms with Crippen LogP contribution in [0.5, 0.6) is 5.75 Å². The van der Waals surface area contributed by atoms with Crippen LogP contribution in [-0.2, 0) is 5.41 Å². The Morgan fingerprint density at radius 1 is 0.543 bits per heavy atom. The van der Waals surface area contributed by atoms with Gasteiger partial charge in [0.15, 0.2) is 0 Å². The summed E-state index contributed by atoms with van der Waals surface area (Å²) in [5, 5.41) is 12.4. The molecule has 1 N–H and O–H groups in total. The standard InChI is InChI=1S/C66H61N3O/c1-41(2)50-38-56(42(3)4)64(70)57(39-50)65-68-63-55(52-35-51(45-18-12-10-13-19-45)36-53(37-52)59-40-48(32-33-67-59)46-28-26-43(5)27-29-46)23-17-25-61(63)69(65)60-31-30-49(34-44(60)6)62-54(47-20-14-11-15-21-47)22-16-24-58(62)66(7,8)9/h10-42,70H,1-9H3/i6D3. The molecule has 70 heavy (non-hydrogen) atoms. The number of para-hydroxylation sites is 1. The van der Waals surface area contributed by atoms with Crippen molar-refractivity contribution in [2.75, 3.05) is 0 Å². The van der Waals surface area contributed by atoms with Gasteiger partial charge in [-0.15, -0.1) is 0 Å². The molecule has 0 unspecified atom stereocenters. The molecular formula is C66H61N3O. The van der Waals surface area contributed by atoms with Crippen LogP contribution in [0.3, 0.4) is 0 Å². The Morgan fingerprint density at radius 3 is 1.90 bits per heavy atom. The largest absolute Gasteiger partial charge is 0.507 e. The minimum absolute atomic E-state index is 0.00187. The number of phenols is 1. The maximum Gasteiger partial charge on any atom is 0.149 e. The second-order valence-corrected chi connectivity index (χ2v) is 20.3. The molecule has 8 aromatic carbocycles. The van der Waals surface area contributed by atoms with E-state index in [1.54, 1.807) is 0 Å². The molecule has 0 aliphatic heterocycles. The SMILES string of the molecule is [2H]C([2H])([2H])c1cc(-c2c(-c3ccccc3)cccc2C(C)(C)C)ccc1-n1c(-c2cc(C(C)C)cc(C(C)C)c2O)nc2c(-c3cc(-c4ccccc4)cc(-c4cc(-c5ccc(C)cc5)ccn4)c3)cccc21. The summed E-state index contributed by atoms with van der Waals surface area (Å²) in [4.78, 5) is 10.5. The highest BCUT2D eigenvalue weighted by molar-refractivity contribution is 5.98. The van der Waals surface area contributed by atoms with Crippen molar-refractivity contribution >= 4 is 11.0 Å². The molecule has 10 aromatic rings. The molecule has 0 amide bonds. The first-order valence-electron chi connectivity index (χ1n) is 25.9. The fraction of sp³-hybridized carbons (Fsp3) is 0.182. The van der Waals surface area contributed by atoms with E-state index in [4.69, 9.17) is 9.97 Å². The quantitative estimate of drug-likeness (QED) is 0.149. The average molecular weight is 915 g/mol. The van der Waals surface area contributed by atoms with E-state index in [1.165, 1.54) is 5.56 Å². The number of benzene rings is 8. The van der Waals surface area contributed by atoms with E-state index in [9.17, 15) is 9.22 Å². The van der Waals surface area contributed by atoms with E-state index >= 15 is 0 Å². The van der Waals surface area contributed by atoms with Crippen LogP contribution in [0.2, 0.25) is 0 Å². The minimum Gasteiger partial charge on any atom is -0.507 e. The highest BCUT2D eigenvalue weighted by Gasteiger charge is 2.26. The van der Waals surface area contributed by atoms with E-state index in [-0.39, 0.29) is 28.6 Å². The summed E-state index contributed by atoms with van der Waals surface area (Å²) in [5.41, 5.74) is 18.1. The third-order valence-electron chi connectivity index (χ3n) is 13.7. The number of nitrogens with zero attached hydrogens (tertiary/aromatic N) is 3. The van der Waals surface area contributed by atoms with Crippen LogP contribution in [0.25, 0.3) is 95.0 Å². The average Bonchev–Trinajstić information content (AvgIpc) is 3.78. The van der Waals surface area contributed by atoms with Crippen molar-refractivity contribution in [3.8, 4) is 89.7 Å². The number of pyridine rings is 1. The van der Waals surface area contributed by atoms with Crippen LogP contribution in [0.15, 0.2) is 188 Å². The third-order valence-corrected chi connectivity index (χ3v) is 13.7. The summed E-state index contributed by atoms with van der Waals surface area (Å²) >= 11 is 0. The summed E-state index contributed by atoms with van der Waals surface area (Å²) in [6.45, 7) is 14.6. The summed E-state index contributed by atoms with van der Waals surface area (Å²) in [5.74, 6) is 0.724. The van der Waals surface area contributed by atoms with Gasteiger partial charge >= 0.3 is 0 Å². The summed E-state index contributed by atoms with van der Waals surface area (Å²) in [6, 6.07) is 62.4. The van der Waals surface area contributed by atoms with Gasteiger partial charge in [-0.1, -0.05) is 181 Å². The first-order valence-corrected chi connectivity index (χ1v) is 24.4. The Balaban J connectivity index is 1.26. The molecule has 0 fully saturated rings. The summed E-state index contributed by atoms with van der Waals surface area (Å²) in [7, 11) is 0. The molecule has 2 aromatic heterocycles. The molecule has 0 saturated carbocycles. The van der Waals surface area contributed by atoms with Gasteiger partial charge < -0.3 is 5.11 Å². The monoisotopic (exact) mass is 915 g/mol. The number of phenolic OH excluding ortho intramolecular Hbond substituents is 1. The molecule has 346 valence electrons. The van der Waals surface area contributed by atoms with E-state index in [2.05, 4.69) is 165 Å². The Labute approximate surface area is 418 Å². The minimum atomic E-state index is -2.55. The predicted molar refractivity (Wildman–Crippen MR) is 295 cm³/mol. The van der Waals surface area contributed by atoms with Crippen LogP contribution in [0.1, 0.15) is 92.2 Å². The molecule has 0 atom stereocenters. The smallest absolute Gasteiger partial charge is 0.149 e. The second-order valence-electron chi connectivity index (χ2n) is 20.3. The third kappa shape index (κ3) is 8.75. The number of hydrogen-bond acceptors (Lipinski definition) is 3. The van der Waals surface area contributed by atoms with Crippen molar-refractivity contribution in [2.24, 2.45) is 0 Å². The van der Waals surface area contributed by atoms with Gasteiger partial charge in [0.2, 0.25) is 0 Å². The zero-order valence-electron chi connectivity index (χ0n) is 44.3. The van der Waals surface area contributed by atoms with Crippen LogP contribution in [0, 0.1) is 13.8 Å². The van der Waals surface area contributed by atoms with Crippen molar-refractivity contribution in [1.82, 2.24) is 14.5 Å². The molecule has 4 heteroatoms. The fourth-order valence-electron chi connectivity index (χ4n) is 9.86. The van der Waals surface area contributed by atoms with Gasteiger partial charge in [-0.2, -0.15) is 0 Å². The number of aromatic nitrogens is 3. The van der Waals surface area contributed by atoms with E-state index in [1.807, 2.05) is 83.6 Å². The zero-order chi connectivity index (χ0) is 51.3. The molecule has 0 saturated heterocycles. The predicted octanol–water partition coefficient (Wildman–Crippen LogP) is 18.0. The molecule has 2 heterocycles. The van der Waals surface area contributed by atoms with Gasteiger partial charge in [0.25, 0.3) is 0 Å². The Bertz CT molecular complexity index is 3660. The van der Waals surface area contributed by atoms with Crippen molar-refractivity contribution < 1.29 is 9.22 Å². The van der Waals surface area contributed by atoms with Crippen LogP contribution in [0.4, 0.5) is 0 Å². The number of hydrogen-bond donors (Lipinski definition) is 1. The lowest BCUT2D eigenvalue weighted by atomic mass is 9.78. The molecule has 0 bridgehead atoms. The Morgan fingerprint density at radius 2 is 1.20 bits per heavy atom. The normalized spacial score (nSPS) is 12.6. The molecule has 0 aliphatic rings. The number of aromatic hydroxyl groups is 1. The van der Waals surface area contributed by atoms with E-state index in [0.29, 0.717) is 28.1 Å². The fourth-order valence-corrected chi connectivity index (χ4v) is 9.86. The van der Waals surface area contributed by atoms with Crippen molar-refractivity contribution in [3.63, 3.8) is 0 Å². The van der Waals surface area contributed by atoms with Gasteiger partial charge in [-0.3, -0.25) is 9.55 Å². The zero-order valence-corrected chi connectivity index (χ0v) is 41.3. The van der Waals surface area contributed by atoms with Gasteiger partial charge in [0, 0.05) is 21.4 Å². The first kappa shape index (κ1) is 42.3. The maximum atomic E-state index is 12.4. The Kier molecular flexibility index (Phi) is 11.2. The van der Waals surface area contributed by atoms with Gasteiger partial charge in [-0.05, 0) is 158 Å². The van der Waals surface area contributed by atoms with Crippen LogP contribution in [-0.4, -0.2) is 19.6 Å². The number of aryl methyl sites for hydroxylation is 2. The second kappa shape index (κ2) is 18.6. The molecule has 10 rings (SSSR count). The molecule has 4 nitrogen and oxygen atoms in total. The van der Waals surface area contributed by atoms with E-state index < -0.39 is 6.85 Å². The summed E-state index contributed by atoms with van der Waals surface area (Å²) in [6.07, 6.45) is 1.87. The van der Waals surface area contributed by atoms with Gasteiger partial charge in [-0.25, -0.2) is 4.98 Å². The molecule has 0 spiro atoms. The topological polar surface area (TPSA) is 50.9 Å². The molecule has 0 radical (unpaired) electrons. The maximum absolute atomic E-state index is 12.4. The van der Waals surface area contributed by atoms with Crippen LogP contribution < -0.4 is 0 Å². The lowest BCUT2D eigenvalue weighted by Gasteiger charge is -2.26. The highest BCUT2D eigenvalue weighted by Crippen LogP contribution is 2.45. The summed E-state index contributed by atoms with van der Waals surface area (Å²) < 4.78 is 29.8. The van der Waals surface area contributed by atoms with Crippen LogP contribution >= 0.6 is 0 Å². The lowest BCUT2D eigenvalue weighted by molar-refractivity contribution is 0.466. The lowest BCUT2D eigenvalue weighted by Crippen LogP contribution is -2.13. The molecular weight excluding hydrogens is 851 g/mol. The number of fused-ring (bicyclic) bond motifs is 1. The number of imidazole rings is 1. The van der Waals surface area contributed by atoms with Crippen molar-refractivity contribution in [2.45, 2.75) is 79.5 Å². The van der Waals surface area contributed by atoms with Gasteiger partial charge in [0.05, 0.1) is 28.0 Å². The first-order chi connectivity index (χ1) is 34.9. The van der Waals surface area contributed by atoms with E-state index in [0.717, 1.165) is 83.6 Å². The highest BCUT2D eigenvalue weighted by atomic mass is 16.3. The van der Waals surface area contributed by atoms with Gasteiger partial charge in [0.1, 0.15) is 11.6 Å².